The SMILES string of the molecule is NCc1ccc2c(c1)nc(CC1CC1C(O)n1c(=O)ncc3ccccc31)n2CCCC(F)(F)F. The van der Waals surface area contributed by atoms with Gasteiger partial charge in [0.25, 0.3) is 0 Å². The fraction of sp³-hybridized carbons (Fsp3) is 0.400. The van der Waals surface area contributed by atoms with E-state index in [2.05, 4.69) is 4.98 Å². The molecular weight excluding hydrogens is 459 g/mol. The number of hydrogen-bond donors (Lipinski definition) is 2. The summed E-state index contributed by atoms with van der Waals surface area (Å²) in [7, 11) is 0. The third-order valence-corrected chi connectivity index (χ3v) is 6.76. The van der Waals surface area contributed by atoms with Gasteiger partial charge >= 0.3 is 11.9 Å². The summed E-state index contributed by atoms with van der Waals surface area (Å²) in [5, 5.41) is 11.8. The Morgan fingerprint density at radius 3 is 2.74 bits per heavy atom. The van der Waals surface area contributed by atoms with Crippen LogP contribution in [0.25, 0.3) is 21.9 Å². The number of benzene rings is 2. The molecule has 0 amide bonds. The molecule has 3 atom stereocenters. The van der Waals surface area contributed by atoms with Crippen LogP contribution in [0.1, 0.15) is 36.9 Å². The van der Waals surface area contributed by atoms with Gasteiger partial charge in [-0.05, 0) is 42.5 Å². The molecule has 1 aliphatic carbocycles. The summed E-state index contributed by atoms with van der Waals surface area (Å²) in [4.78, 5) is 21.1. The molecule has 0 saturated heterocycles. The van der Waals surface area contributed by atoms with Crippen LogP contribution in [0.15, 0.2) is 53.5 Å². The van der Waals surface area contributed by atoms with Crippen molar-refractivity contribution in [3.8, 4) is 0 Å². The predicted molar refractivity (Wildman–Crippen MR) is 125 cm³/mol. The van der Waals surface area contributed by atoms with Crippen molar-refractivity contribution in [2.45, 2.75) is 51.2 Å². The molecule has 5 rings (SSSR count). The zero-order valence-electron chi connectivity index (χ0n) is 18.9. The molecule has 2 heterocycles. The van der Waals surface area contributed by atoms with Crippen molar-refractivity contribution < 1.29 is 18.3 Å². The van der Waals surface area contributed by atoms with Gasteiger partial charge < -0.3 is 15.4 Å². The molecule has 0 aliphatic heterocycles. The number of fused-ring (bicyclic) bond motifs is 2. The Labute approximate surface area is 199 Å². The van der Waals surface area contributed by atoms with Gasteiger partial charge in [0.15, 0.2) is 0 Å². The Hall–Kier alpha value is -3.24. The number of para-hydroxylation sites is 1. The van der Waals surface area contributed by atoms with Crippen LogP contribution < -0.4 is 11.4 Å². The monoisotopic (exact) mass is 485 g/mol. The highest BCUT2D eigenvalue weighted by Crippen LogP contribution is 2.47. The van der Waals surface area contributed by atoms with Crippen LogP contribution in [0, 0.1) is 11.8 Å². The van der Waals surface area contributed by atoms with Crippen LogP contribution in [-0.4, -0.2) is 30.4 Å². The first-order valence-electron chi connectivity index (χ1n) is 11.6. The molecule has 10 heteroatoms. The van der Waals surface area contributed by atoms with Crippen molar-refractivity contribution in [3.05, 3.63) is 70.5 Å². The van der Waals surface area contributed by atoms with E-state index >= 15 is 0 Å². The van der Waals surface area contributed by atoms with Crippen LogP contribution in [0.2, 0.25) is 0 Å². The van der Waals surface area contributed by atoms with Crippen molar-refractivity contribution in [2.75, 3.05) is 0 Å². The summed E-state index contributed by atoms with van der Waals surface area (Å²) in [6.45, 7) is 0.539. The topological polar surface area (TPSA) is 99.0 Å². The lowest BCUT2D eigenvalue weighted by Crippen LogP contribution is -2.28. The molecule has 3 unspecified atom stereocenters. The third kappa shape index (κ3) is 4.81. The summed E-state index contributed by atoms with van der Waals surface area (Å²) in [6, 6.07) is 12.8. The Morgan fingerprint density at radius 1 is 1.17 bits per heavy atom. The van der Waals surface area contributed by atoms with Gasteiger partial charge in [-0.1, -0.05) is 24.3 Å². The average molecular weight is 486 g/mol. The quantitative estimate of drug-likeness (QED) is 0.394. The first-order valence-corrected chi connectivity index (χ1v) is 11.6. The maximum absolute atomic E-state index is 12.8. The van der Waals surface area contributed by atoms with E-state index in [-0.39, 0.29) is 24.8 Å². The fourth-order valence-electron chi connectivity index (χ4n) is 4.85. The van der Waals surface area contributed by atoms with Gasteiger partial charge in [0.05, 0.1) is 16.6 Å². The number of aryl methyl sites for hydroxylation is 1. The molecule has 7 nitrogen and oxygen atoms in total. The summed E-state index contributed by atoms with van der Waals surface area (Å²) in [5.74, 6) is 0.547. The lowest BCUT2D eigenvalue weighted by molar-refractivity contribution is -0.135. The molecule has 2 aromatic heterocycles. The minimum absolute atomic E-state index is 0.0445. The standard InChI is InChI=1S/C25H26F3N5O2/c26-25(27,28)8-3-9-32-21-7-6-15(13-29)10-19(21)31-22(32)12-17-11-18(17)23(34)33-20-5-2-1-4-16(20)14-30-24(33)35/h1-2,4-7,10,14,17-18,23,34H,3,8-9,11-13,29H2. The second kappa shape index (κ2) is 9.09. The molecule has 35 heavy (non-hydrogen) atoms. The number of rotatable bonds is 8. The van der Waals surface area contributed by atoms with Crippen molar-refractivity contribution >= 4 is 21.9 Å². The van der Waals surface area contributed by atoms with E-state index in [1.165, 1.54) is 10.8 Å². The normalized spacial score (nSPS) is 18.9. The van der Waals surface area contributed by atoms with Crippen LogP contribution in [0.3, 0.4) is 0 Å². The number of aliphatic hydroxyl groups excluding tert-OH is 1. The van der Waals surface area contributed by atoms with Crippen molar-refractivity contribution in [2.24, 2.45) is 17.6 Å². The number of hydrogen-bond acceptors (Lipinski definition) is 5. The van der Waals surface area contributed by atoms with E-state index < -0.39 is 24.5 Å². The molecule has 184 valence electrons. The van der Waals surface area contributed by atoms with Crippen molar-refractivity contribution in [1.29, 1.82) is 0 Å². The summed E-state index contributed by atoms with van der Waals surface area (Å²) < 4.78 is 41.5. The third-order valence-electron chi connectivity index (χ3n) is 6.76. The molecule has 0 bridgehead atoms. The van der Waals surface area contributed by atoms with E-state index in [0.29, 0.717) is 36.2 Å². The molecular formula is C25H26F3N5O2. The number of halogens is 3. The molecule has 1 saturated carbocycles. The molecule has 2 aromatic carbocycles. The largest absolute Gasteiger partial charge is 0.389 e. The van der Waals surface area contributed by atoms with Crippen molar-refractivity contribution in [3.63, 3.8) is 0 Å². The van der Waals surface area contributed by atoms with Gasteiger partial charge in [-0.25, -0.2) is 14.8 Å². The number of nitrogens with zero attached hydrogens (tertiary/aromatic N) is 4. The zero-order valence-corrected chi connectivity index (χ0v) is 18.9. The van der Waals surface area contributed by atoms with E-state index in [9.17, 15) is 23.1 Å². The average Bonchev–Trinajstić information content (AvgIpc) is 3.51. The summed E-state index contributed by atoms with van der Waals surface area (Å²) in [5.41, 5.74) is 8.20. The minimum atomic E-state index is -4.21. The number of aromatic nitrogens is 4. The van der Waals surface area contributed by atoms with E-state index in [4.69, 9.17) is 10.7 Å². The predicted octanol–water partition coefficient (Wildman–Crippen LogP) is 3.92. The Kier molecular flexibility index (Phi) is 6.10. The number of imidazole rings is 1. The maximum Gasteiger partial charge on any atom is 0.389 e. The second-order valence-corrected chi connectivity index (χ2v) is 9.17. The van der Waals surface area contributed by atoms with Crippen LogP contribution >= 0.6 is 0 Å². The molecule has 1 fully saturated rings. The van der Waals surface area contributed by atoms with E-state index in [0.717, 1.165) is 16.5 Å². The maximum atomic E-state index is 12.8. The number of alkyl halides is 3. The van der Waals surface area contributed by atoms with Gasteiger partial charge in [-0.2, -0.15) is 13.2 Å². The Bertz CT molecular complexity index is 1430. The van der Waals surface area contributed by atoms with Gasteiger partial charge in [0.1, 0.15) is 12.1 Å². The van der Waals surface area contributed by atoms with E-state index in [1.54, 1.807) is 12.1 Å². The molecule has 0 radical (unpaired) electrons. The zero-order chi connectivity index (χ0) is 24.7. The molecule has 3 N–H and O–H groups in total. The lowest BCUT2D eigenvalue weighted by Gasteiger charge is -2.16. The number of aliphatic hydroxyl groups is 1. The van der Waals surface area contributed by atoms with Gasteiger partial charge in [-0.3, -0.25) is 4.57 Å². The minimum Gasteiger partial charge on any atom is -0.373 e. The highest BCUT2D eigenvalue weighted by atomic mass is 19.4. The number of nitrogens with two attached hydrogens (primary N) is 1. The fourth-order valence-corrected chi connectivity index (χ4v) is 4.85. The van der Waals surface area contributed by atoms with Crippen LogP contribution in [-0.2, 0) is 19.5 Å². The van der Waals surface area contributed by atoms with Gasteiger partial charge in [0.2, 0.25) is 0 Å². The Morgan fingerprint density at radius 2 is 1.97 bits per heavy atom. The summed E-state index contributed by atoms with van der Waals surface area (Å²) in [6.07, 6.45) is -3.51. The van der Waals surface area contributed by atoms with Crippen LogP contribution in [0.5, 0.6) is 0 Å². The molecule has 0 spiro atoms. The second-order valence-electron chi connectivity index (χ2n) is 9.17. The molecule has 1 aliphatic rings. The van der Waals surface area contributed by atoms with Crippen LogP contribution in [0.4, 0.5) is 13.2 Å². The molecule has 4 aromatic rings. The van der Waals surface area contributed by atoms with Gasteiger partial charge in [-0.15, -0.1) is 0 Å². The first kappa shape index (κ1) is 23.5. The van der Waals surface area contributed by atoms with E-state index in [1.807, 2.05) is 34.9 Å². The summed E-state index contributed by atoms with van der Waals surface area (Å²) >= 11 is 0. The highest BCUT2D eigenvalue weighted by Gasteiger charge is 2.44. The first-order chi connectivity index (χ1) is 16.7. The lowest BCUT2D eigenvalue weighted by atomic mass is 10.2. The van der Waals surface area contributed by atoms with Gasteiger partial charge in [0, 0.05) is 43.4 Å². The Balaban J connectivity index is 1.40. The van der Waals surface area contributed by atoms with Crippen molar-refractivity contribution in [1.82, 2.24) is 19.1 Å². The highest BCUT2D eigenvalue weighted by molar-refractivity contribution is 5.78. The smallest absolute Gasteiger partial charge is 0.373 e.